The van der Waals surface area contributed by atoms with Crippen LogP contribution in [-0.2, 0) is 9.59 Å². The fourth-order valence-corrected chi connectivity index (χ4v) is 2.04. The first-order chi connectivity index (χ1) is 9.82. The van der Waals surface area contributed by atoms with Crippen molar-refractivity contribution in [2.24, 2.45) is 0 Å². The second kappa shape index (κ2) is 5.47. The molecule has 0 aromatic heterocycles. The molecule has 0 spiro atoms. The van der Waals surface area contributed by atoms with Crippen LogP contribution in [0.25, 0.3) is 0 Å². The Bertz CT molecular complexity index is 619. The van der Waals surface area contributed by atoms with Crippen LogP contribution in [0.15, 0.2) is 24.3 Å². The fourth-order valence-electron chi connectivity index (χ4n) is 2.04. The number of imide groups is 2. The molecule has 6 nitrogen and oxygen atoms in total. The molecular formula is C15H16N2O4. The molecule has 1 aromatic carbocycles. The summed E-state index contributed by atoms with van der Waals surface area (Å²) in [7, 11) is 1.21. The van der Waals surface area contributed by atoms with E-state index in [0.717, 1.165) is 5.56 Å². The number of urea groups is 1. The van der Waals surface area contributed by atoms with E-state index >= 15 is 0 Å². The van der Waals surface area contributed by atoms with Gasteiger partial charge in [0.2, 0.25) is 0 Å². The average molecular weight is 288 g/mol. The fraction of sp³-hybridized carbons (Fsp3) is 0.333. The lowest BCUT2D eigenvalue weighted by molar-refractivity contribution is -0.142. The van der Waals surface area contributed by atoms with Gasteiger partial charge in [0.15, 0.2) is 5.78 Å². The van der Waals surface area contributed by atoms with Gasteiger partial charge >= 0.3 is 17.8 Å². The Morgan fingerprint density at radius 3 is 2.05 bits per heavy atom. The van der Waals surface area contributed by atoms with Gasteiger partial charge in [-0.15, -0.1) is 0 Å². The molecule has 0 N–H and O–H groups in total. The predicted octanol–water partition coefficient (Wildman–Crippen LogP) is 1.41. The maximum Gasteiger partial charge on any atom is 0.334 e. The van der Waals surface area contributed by atoms with Gasteiger partial charge in [0.25, 0.3) is 0 Å². The van der Waals surface area contributed by atoms with E-state index < -0.39 is 24.4 Å². The number of rotatable bonds is 4. The van der Waals surface area contributed by atoms with Gasteiger partial charge < -0.3 is 0 Å². The number of hydrogen-bond donors (Lipinski definition) is 0. The molecule has 6 heteroatoms. The Kier molecular flexibility index (Phi) is 3.88. The minimum Gasteiger partial charge on any atom is -0.292 e. The van der Waals surface area contributed by atoms with Crippen molar-refractivity contribution in [1.82, 2.24) is 9.80 Å². The van der Waals surface area contributed by atoms with Crippen LogP contribution in [0.4, 0.5) is 4.79 Å². The highest BCUT2D eigenvalue weighted by atomic mass is 16.2. The quantitative estimate of drug-likeness (QED) is 0.477. The van der Waals surface area contributed by atoms with Gasteiger partial charge in [-0.05, 0) is 11.5 Å². The van der Waals surface area contributed by atoms with Crippen molar-refractivity contribution in [1.29, 1.82) is 0 Å². The van der Waals surface area contributed by atoms with E-state index in [0.29, 0.717) is 21.3 Å². The number of carbonyl (C=O) groups excluding carboxylic acids is 4. The number of hydrogen-bond acceptors (Lipinski definition) is 4. The van der Waals surface area contributed by atoms with Crippen LogP contribution in [0.1, 0.15) is 35.7 Å². The third-order valence-electron chi connectivity index (χ3n) is 3.45. The van der Waals surface area contributed by atoms with Crippen LogP contribution >= 0.6 is 0 Å². The van der Waals surface area contributed by atoms with Crippen molar-refractivity contribution in [2.45, 2.75) is 19.8 Å². The number of ketones is 1. The zero-order valence-corrected chi connectivity index (χ0v) is 12.1. The van der Waals surface area contributed by atoms with E-state index in [-0.39, 0.29) is 5.78 Å². The van der Waals surface area contributed by atoms with Gasteiger partial charge in [-0.1, -0.05) is 38.1 Å². The largest absolute Gasteiger partial charge is 0.334 e. The molecule has 0 aliphatic carbocycles. The molecule has 0 atom stereocenters. The number of Topliss-reactive ketones (excluding diaryl/α,β-unsaturated/α-hetero) is 1. The Morgan fingerprint density at radius 1 is 1.05 bits per heavy atom. The van der Waals surface area contributed by atoms with E-state index in [1.165, 1.54) is 7.05 Å². The highest BCUT2D eigenvalue weighted by Gasteiger charge is 2.42. The Morgan fingerprint density at radius 2 is 1.62 bits per heavy atom. The zero-order chi connectivity index (χ0) is 15.7. The first-order valence-electron chi connectivity index (χ1n) is 6.59. The van der Waals surface area contributed by atoms with E-state index in [2.05, 4.69) is 0 Å². The molecule has 110 valence electrons. The van der Waals surface area contributed by atoms with Crippen molar-refractivity contribution in [3.8, 4) is 0 Å². The standard InChI is InChI=1S/C15H16N2O4/c1-9(2)10-4-6-11(7-5-10)12(18)8-17-14(20)13(19)16(3)15(17)21/h4-7,9H,8H2,1-3H3. The Labute approximate surface area is 122 Å². The minimum atomic E-state index is -0.963. The number of amides is 4. The molecule has 4 amide bonds. The number of carbonyl (C=O) groups is 4. The van der Waals surface area contributed by atoms with Gasteiger partial charge in [0.1, 0.15) is 0 Å². The molecule has 1 heterocycles. The summed E-state index contributed by atoms with van der Waals surface area (Å²) in [6.45, 7) is 3.66. The van der Waals surface area contributed by atoms with Crippen LogP contribution < -0.4 is 0 Å². The summed E-state index contributed by atoms with van der Waals surface area (Å²) >= 11 is 0. The van der Waals surface area contributed by atoms with E-state index in [9.17, 15) is 19.2 Å². The van der Waals surface area contributed by atoms with Crippen molar-refractivity contribution in [3.63, 3.8) is 0 Å². The third-order valence-corrected chi connectivity index (χ3v) is 3.45. The monoisotopic (exact) mass is 288 g/mol. The first kappa shape index (κ1) is 14.9. The molecule has 0 radical (unpaired) electrons. The maximum atomic E-state index is 12.1. The highest BCUT2D eigenvalue weighted by Crippen LogP contribution is 2.16. The average Bonchev–Trinajstić information content (AvgIpc) is 2.65. The van der Waals surface area contributed by atoms with E-state index in [1.807, 2.05) is 26.0 Å². The molecule has 0 saturated carbocycles. The van der Waals surface area contributed by atoms with Crippen LogP contribution in [0, 0.1) is 0 Å². The van der Waals surface area contributed by atoms with Crippen LogP contribution in [0.2, 0.25) is 0 Å². The molecule has 1 saturated heterocycles. The Hall–Kier alpha value is -2.50. The molecule has 0 unspecified atom stereocenters. The lowest BCUT2D eigenvalue weighted by Crippen LogP contribution is -2.36. The van der Waals surface area contributed by atoms with Gasteiger partial charge in [0.05, 0.1) is 6.54 Å². The summed E-state index contributed by atoms with van der Waals surface area (Å²) in [4.78, 5) is 48.1. The van der Waals surface area contributed by atoms with Crippen LogP contribution in [0.5, 0.6) is 0 Å². The summed E-state index contributed by atoms with van der Waals surface area (Å²) in [5.41, 5.74) is 1.50. The molecule has 0 bridgehead atoms. The predicted molar refractivity (Wildman–Crippen MR) is 74.7 cm³/mol. The second-order valence-corrected chi connectivity index (χ2v) is 5.24. The normalized spacial score (nSPS) is 15.3. The van der Waals surface area contributed by atoms with Gasteiger partial charge in [-0.2, -0.15) is 0 Å². The van der Waals surface area contributed by atoms with Crippen molar-refractivity contribution in [3.05, 3.63) is 35.4 Å². The minimum absolute atomic E-state index is 0.349. The first-order valence-corrected chi connectivity index (χ1v) is 6.59. The lowest BCUT2D eigenvalue weighted by atomic mass is 10.0. The van der Waals surface area contributed by atoms with Gasteiger partial charge in [0, 0.05) is 12.6 Å². The topological polar surface area (TPSA) is 74.8 Å². The molecule has 1 aliphatic heterocycles. The van der Waals surface area contributed by atoms with E-state index in [4.69, 9.17) is 0 Å². The molecule has 21 heavy (non-hydrogen) atoms. The van der Waals surface area contributed by atoms with Crippen molar-refractivity contribution in [2.75, 3.05) is 13.6 Å². The summed E-state index contributed by atoms with van der Waals surface area (Å²) in [6.07, 6.45) is 0. The smallest absolute Gasteiger partial charge is 0.292 e. The Balaban J connectivity index is 2.13. The number of nitrogens with zero attached hydrogens (tertiary/aromatic N) is 2. The molecular weight excluding hydrogens is 272 g/mol. The van der Waals surface area contributed by atoms with Gasteiger partial charge in [-0.25, -0.2) is 9.69 Å². The SMILES string of the molecule is CC(C)c1ccc(C(=O)CN2C(=O)C(=O)N(C)C2=O)cc1. The summed E-state index contributed by atoms with van der Waals surface area (Å²) < 4.78 is 0. The molecule has 1 fully saturated rings. The molecule has 2 rings (SSSR count). The lowest BCUT2D eigenvalue weighted by Gasteiger charge is -2.12. The highest BCUT2D eigenvalue weighted by molar-refractivity contribution is 6.45. The van der Waals surface area contributed by atoms with E-state index in [1.54, 1.807) is 12.1 Å². The summed E-state index contributed by atoms with van der Waals surface area (Å²) in [5, 5.41) is 0. The summed E-state index contributed by atoms with van der Waals surface area (Å²) in [6, 6.07) is 6.23. The van der Waals surface area contributed by atoms with Crippen LogP contribution in [-0.4, -0.2) is 47.0 Å². The van der Waals surface area contributed by atoms with Gasteiger partial charge in [-0.3, -0.25) is 19.3 Å². The number of likely N-dealkylation sites (N-methyl/N-ethyl adjacent to an activating group) is 1. The molecule has 1 aromatic rings. The summed E-state index contributed by atoms with van der Waals surface area (Å²) in [5.74, 6) is -1.91. The third kappa shape index (κ3) is 2.69. The zero-order valence-electron chi connectivity index (χ0n) is 12.1. The molecule has 1 aliphatic rings. The van der Waals surface area contributed by atoms with Crippen molar-refractivity contribution >= 4 is 23.6 Å². The van der Waals surface area contributed by atoms with Crippen molar-refractivity contribution < 1.29 is 19.2 Å². The number of benzene rings is 1. The second-order valence-electron chi connectivity index (χ2n) is 5.24. The maximum absolute atomic E-state index is 12.1. The van der Waals surface area contributed by atoms with Crippen LogP contribution in [0.3, 0.4) is 0 Å².